The lowest BCUT2D eigenvalue weighted by Crippen LogP contribution is -2.31. The number of hydrogen-bond acceptors (Lipinski definition) is 4. The molecule has 2 aliphatic rings. The van der Waals surface area contributed by atoms with E-state index in [9.17, 15) is 23.8 Å². The third kappa shape index (κ3) is 2.66. The highest BCUT2D eigenvalue weighted by atomic mass is 19.3. The second-order valence-electron chi connectivity index (χ2n) is 8.02. The van der Waals surface area contributed by atoms with E-state index in [0.29, 0.717) is 5.69 Å². The van der Waals surface area contributed by atoms with E-state index < -0.39 is 30.2 Å². The fourth-order valence-corrected chi connectivity index (χ4v) is 5.07. The number of carbonyl (C=O) groups excluding carboxylic acids is 1. The summed E-state index contributed by atoms with van der Waals surface area (Å²) in [7, 11) is 1.48. The second kappa shape index (κ2) is 6.63. The van der Waals surface area contributed by atoms with Crippen molar-refractivity contribution in [2.24, 2.45) is 18.9 Å². The van der Waals surface area contributed by atoms with Crippen molar-refractivity contribution in [3.63, 3.8) is 0 Å². The monoisotopic (exact) mass is 391 g/mol. The van der Waals surface area contributed by atoms with Gasteiger partial charge in [-0.25, -0.2) is 8.78 Å². The zero-order chi connectivity index (χ0) is 20.3. The molecule has 1 fully saturated rings. The third-order valence-electron chi connectivity index (χ3n) is 6.07. The van der Waals surface area contributed by atoms with Crippen molar-refractivity contribution >= 4 is 11.6 Å². The number of nitrogens with one attached hydrogen (secondary N) is 1. The largest absolute Gasteiger partial charge is 0.390 e. The van der Waals surface area contributed by atoms with E-state index in [4.69, 9.17) is 0 Å². The van der Waals surface area contributed by atoms with Gasteiger partial charge < -0.3 is 15.5 Å². The lowest BCUT2D eigenvalue weighted by atomic mass is 9.84. The van der Waals surface area contributed by atoms with Gasteiger partial charge in [-0.05, 0) is 29.0 Å². The molecule has 2 aliphatic carbocycles. The van der Waals surface area contributed by atoms with Crippen LogP contribution in [0.1, 0.15) is 59.3 Å². The number of carbonyl (C=O) groups is 1. The van der Waals surface area contributed by atoms with Crippen LogP contribution in [0.5, 0.6) is 0 Å². The predicted octanol–water partition coefficient (Wildman–Crippen LogP) is 2.80. The number of amides is 1. The molecule has 0 spiro atoms. The summed E-state index contributed by atoms with van der Waals surface area (Å²) in [5, 5.41) is 27.4. The average molecular weight is 391 g/mol. The molecule has 0 saturated heterocycles. The van der Waals surface area contributed by atoms with Gasteiger partial charge >= 0.3 is 0 Å². The molecule has 3 N–H and O–H groups in total. The number of aliphatic hydroxyl groups excluding tert-OH is 2. The maximum absolute atomic E-state index is 13.2. The minimum Gasteiger partial charge on any atom is -0.390 e. The Morgan fingerprint density at radius 2 is 1.89 bits per heavy atom. The summed E-state index contributed by atoms with van der Waals surface area (Å²) in [4.78, 5) is 12.7. The van der Waals surface area contributed by atoms with Crippen LogP contribution in [0.25, 0.3) is 0 Å². The molecule has 0 radical (unpaired) electrons. The number of anilines is 1. The van der Waals surface area contributed by atoms with Crippen molar-refractivity contribution in [3.8, 4) is 0 Å². The summed E-state index contributed by atoms with van der Waals surface area (Å²) in [5.74, 6) is -0.915. The van der Waals surface area contributed by atoms with Crippen molar-refractivity contribution in [2.75, 3.05) is 5.32 Å². The molecule has 1 aromatic carbocycles. The molecule has 1 saturated carbocycles. The minimum atomic E-state index is -2.86. The summed E-state index contributed by atoms with van der Waals surface area (Å²) in [6.07, 6.45) is -3.36. The Balaban J connectivity index is 1.72. The molecule has 6 nitrogen and oxygen atoms in total. The van der Waals surface area contributed by atoms with Gasteiger partial charge in [0.25, 0.3) is 12.3 Å². The van der Waals surface area contributed by atoms with Crippen LogP contribution in [-0.2, 0) is 7.05 Å². The lowest BCUT2D eigenvalue weighted by molar-refractivity contribution is 0.0218. The number of halogens is 2. The number of aryl methyl sites for hydroxylation is 1. The molecule has 1 amide bonds. The SMILES string of the molecule is CC(C)C1C2c3cccc(NC(=O)c4cn(C)nc4C(F)F)c3C1C(O)C2O. The molecule has 4 rings (SSSR count). The minimum absolute atomic E-state index is 0.0491. The van der Waals surface area contributed by atoms with Crippen LogP contribution >= 0.6 is 0 Å². The number of nitrogens with zero attached hydrogens (tertiary/aromatic N) is 2. The summed E-state index contributed by atoms with van der Waals surface area (Å²) in [6.45, 7) is 4.09. The zero-order valence-electron chi connectivity index (χ0n) is 15.8. The maximum Gasteiger partial charge on any atom is 0.282 e. The van der Waals surface area contributed by atoms with Crippen LogP contribution < -0.4 is 5.32 Å². The van der Waals surface area contributed by atoms with Crippen molar-refractivity contribution in [3.05, 3.63) is 46.8 Å². The topological polar surface area (TPSA) is 87.4 Å². The maximum atomic E-state index is 13.2. The Morgan fingerprint density at radius 1 is 1.21 bits per heavy atom. The van der Waals surface area contributed by atoms with Gasteiger partial charge in [0.1, 0.15) is 5.69 Å². The van der Waals surface area contributed by atoms with E-state index in [1.165, 1.54) is 17.9 Å². The van der Waals surface area contributed by atoms with Gasteiger partial charge in [-0.1, -0.05) is 26.0 Å². The lowest BCUT2D eigenvalue weighted by Gasteiger charge is -2.27. The van der Waals surface area contributed by atoms with E-state index in [1.807, 2.05) is 19.9 Å². The number of benzene rings is 1. The van der Waals surface area contributed by atoms with Crippen molar-refractivity contribution < 1.29 is 23.8 Å². The first kappa shape index (κ1) is 19.0. The molecule has 5 atom stereocenters. The van der Waals surface area contributed by atoms with Crippen LogP contribution in [0, 0.1) is 11.8 Å². The van der Waals surface area contributed by atoms with Gasteiger partial charge in [0.05, 0.1) is 17.8 Å². The molecule has 2 bridgehead atoms. The summed E-state index contributed by atoms with van der Waals surface area (Å²) in [5.41, 5.74) is 1.43. The molecule has 0 aliphatic heterocycles. The molecule has 2 aromatic rings. The van der Waals surface area contributed by atoms with E-state index in [2.05, 4.69) is 10.4 Å². The Labute approximate surface area is 161 Å². The van der Waals surface area contributed by atoms with Crippen LogP contribution in [0.3, 0.4) is 0 Å². The Kier molecular flexibility index (Phi) is 4.50. The van der Waals surface area contributed by atoms with Crippen LogP contribution in [0.2, 0.25) is 0 Å². The fraction of sp³-hybridized carbons (Fsp3) is 0.500. The van der Waals surface area contributed by atoms with Crippen molar-refractivity contribution in [1.29, 1.82) is 0 Å². The number of rotatable bonds is 4. The number of aliphatic hydroxyl groups is 2. The molecule has 1 heterocycles. The van der Waals surface area contributed by atoms with Gasteiger partial charge in [0, 0.05) is 30.8 Å². The third-order valence-corrected chi connectivity index (χ3v) is 6.07. The molecular weight excluding hydrogens is 368 g/mol. The number of hydrogen-bond donors (Lipinski definition) is 3. The summed E-state index contributed by atoms with van der Waals surface area (Å²) in [6, 6.07) is 5.37. The quantitative estimate of drug-likeness (QED) is 0.748. The van der Waals surface area contributed by atoms with E-state index in [-0.39, 0.29) is 29.2 Å². The van der Waals surface area contributed by atoms with Crippen molar-refractivity contribution in [1.82, 2.24) is 9.78 Å². The fourth-order valence-electron chi connectivity index (χ4n) is 5.07. The number of fused-ring (bicyclic) bond motifs is 5. The normalized spacial score (nSPS) is 28.2. The van der Waals surface area contributed by atoms with Crippen LogP contribution in [0.15, 0.2) is 24.4 Å². The van der Waals surface area contributed by atoms with Crippen LogP contribution in [0.4, 0.5) is 14.5 Å². The standard InChI is InChI=1S/C20H23F2N3O3/c1-8(2)12-14-9-5-4-6-11(13(9)15(12)18(27)17(14)26)23-20(28)10-7-25(3)24-16(10)19(21)22/h4-8,12,14-15,17-19,26-27H,1-3H3,(H,23,28). The number of alkyl halides is 2. The average Bonchev–Trinajstić information content (AvgIpc) is 3.26. The molecule has 150 valence electrons. The highest BCUT2D eigenvalue weighted by Crippen LogP contribution is 2.61. The highest BCUT2D eigenvalue weighted by Gasteiger charge is 2.58. The Morgan fingerprint density at radius 3 is 2.54 bits per heavy atom. The molecular formula is C20H23F2N3O3. The second-order valence-corrected chi connectivity index (χ2v) is 8.02. The van der Waals surface area contributed by atoms with Gasteiger partial charge in [-0.3, -0.25) is 9.48 Å². The zero-order valence-corrected chi connectivity index (χ0v) is 15.8. The first-order valence-corrected chi connectivity index (χ1v) is 9.34. The summed E-state index contributed by atoms with van der Waals surface area (Å²) >= 11 is 0. The first-order chi connectivity index (χ1) is 13.2. The van der Waals surface area contributed by atoms with Gasteiger partial charge in [-0.15, -0.1) is 0 Å². The van der Waals surface area contributed by atoms with E-state index in [1.54, 1.807) is 12.1 Å². The first-order valence-electron chi connectivity index (χ1n) is 9.34. The Bertz CT molecular complexity index is 927. The predicted molar refractivity (Wildman–Crippen MR) is 98.4 cm³/mol. The van der Waals surface area contributed by atoms with Gasteiger partial charge in [-0.2, -0.15) is 5.10 Å². The molecule has 8 heteroatoms. The van der Waals surface area contributed by atoms with E-state index >= 15 is 0 Å². The molecule has 1 aromatic heterocycles. The molecule has 5 unspecified atom stereocenters. The number of aromatic nitrogens is 2. The smallest absolute Gasteiger partial charge is 0.282 e. The summed E-state index contributed by atoms with van der Waals surface area (Å²) < 4.78 is 27.6. The Hall–Kier alpha value is -2.32. The van der Waals surface area contributed by atoms with Crippen LogP contribution in [-0.4, -0.2) is 38.1 Å². The highest BCUT2D eigenvalue weighted by molar-refractivity contribution is 6.05. The van der Waals surface area contributed by atoms with Gasteiger partial charge in [0.15, 0.2) is 0 Å². The van der Waals surface area contributed by atoms with Crippen molar-refractivity contribution in [2.45, 2.75) is 44.3 Å². The molecule has 28 heavy (non-hydrogen) atoms. The van der Waals surface area contributed by atoms with Gasteiger partial charge in [0.2, 0.25) is 0 Å². The van der Waals surface area contributed by atoms with E-state index in [0.717, 1.165) is 11.1 Å².